The molecule has 0 aliphatic heterocycles. The molecule has 1 radical (unpaired) electrons. The summed E-state index contributed by atoms with van der Waals surface area (Å²) in [7, 11) is 0. The van der Waals surface area contributed by atoms with Crippen molar-refractivity contribution < 1.29 is 0 Å². The Morgan fingerprint density at radius 3 is 2.43 bits per heavy atom. The summed E-state index contributed by atoms with van der Waals surface area (Å²) in [5.74, 6) is 1.43. The zero-order chi connectivity index (χ0) is 9.97. The van der Waals surface area contributed by atoms with E-state index < -0.39 is 0 Å². The van der Waals surface area contributed by atoms with Crippen molar-refractivity contribution in [1.29, 1.82) is 0 Å². The quantitative estimate of drug-likeness (QED) is 0.618. The minimum Gasteiger partial charge on any atom is -0.0768 e. The molecule has 14 heavy (non-hydrogen) atoms. The zero-order valence-electron chi connectivity index (χ0n) is 8.75. The summed E-state index contributed by atoms with van der Waals surface area (Å²) in [5.41, 5.74) is 4.06. The molecule has 0 aromatic heterocycles. The number of rotatable bonds is 1. The number of allylic oxidation sites excluding steroid dienone is 4. The van der Waals surface area contributed by atoms with Crippen LogP contribution < -0.4 is 0 Å². The van der Waals surface area contributed by atoms with Gasteiger partial charge in [-0.25, -0.2) is 0 Å². The molecule has 0 heterocycles. The topological polar surface area (TPSA) is 0 Å². The maximum atomic E-state index is 2.30. The smallest absolute Gasteiger partial charge is 0.00171 e. The van der Waals surface area contributed by atoms with Crippen LogP contribution in [-0.4, -0.2) is 0 Å². The lowest BCUT2D eigenvalue weighted by Gasteiger charge is -2.13. The molecule has 0 saturated heterocycles. The van der Waals surface area contributed by atoms with Gasteiger partial charge in [0.15, 0.2) is 0 Å². The highest BCUT2D eigenvalue weighted by Crippen LogP contribution is 2.26. The number of benzene rings is 1. The van der Waals surface area contributed by atoms with Crippen molar-refractivity contribution in [1.82, 2.24) is 0 Å². The van der Waals surface area contributed by atoms with Gasteiger partial charge in [-0.1, -0.05) is 49.4 Å². The average molecular weight is 183 g/mol. The molecule has 0 nitrogen and oxygen atoms in total. The molecule has 1 aliphatic carbocycles. The van der Waals surface area contributed by atoms with E-state index in [4.69, 9.17) is 0 Å². The zero-order valence-corrected chi connectivity index (χ0v) is 8.75. The molecule has 0 fully saturated rings. The monoisotopic (exact) mass is 183 g/mol. The van der Waals surface area contributed by atoms with Gasteiger partial charge in [-0.3, -0.25) is 0 Å². The Labute approximate surface area is 86.0 Å². The fourth-order valence-corrected chi connectivity index (χ4v) is 1.74. The fraction of sp³-hybridized carbons (Fsp3) is 0.214. The molecule has 71 valence electrons. The van der Waals surface area contributed by atoms with Crippen molar-refractivity contribution in [3.8, 4) is 0 Å². The molecular formula is C14H15. The number of hydrogen-bond acceptors (Lipinski definition) is 0. The van der Waals surface area contributed by atoms with Gasteiger partial charge in [-0.05, 0) is 36.0 Å². The standard InChI is InChI=1S/C14H15/c1-11-7-9-13(10-8-11)14-6-4-3-5-12(14)2/h3-7,9-10H,8H2,1-2H3. The van der Waals surface area contributed by atoms with E-state index in [0.29, 0.717) is 0 Å². The van der Waals surface area contributed by atoms with Gasteiger partial charge in [-0.2, -0.15) is 0 Å². The maximum Gasteiger partial charge on any atom is -0.00171 e. The van der Waals surface area contributed by atoms with Gasteiger partial charge in [0.25, 0.3) is 0 Å². The van der Waals surface area contributed by atoms with Crippen LogP contribution in [0.4, 0.5) is 0 Å². The summed E-state index contributed by atoms with van der Waals surface area (Å²) < 4.78 is 0. The molecule has 1 aromatic rings. The second kappa shape index (κ2) is 3.83. The first-order valence-electron chi connectivity index (χ1n) is 5.04. The lowest BCUT2D eigenvalue weighted by atomic mass is 9.92. The SMILES string of the molecule is C[C]1C=CC(c2ccccc2C)=CC1. The van der Waals surface area contributed by atoms with Crippen LogP contribution in [0, 0.1) is 12.8 Å². The molecule has 0 N–H and O–H groups in total. The molecule has 1 aliphatic rings. The average Bonchev–Trinajstić information content (AvgIpc) is 2.20. The highest BCUT2D eigenvalue weighted by atomic mass is 14.1. The fourth-order valence-electron chi connectivity index (χ4n) is 1.74. The van der Waals surface area contributed by atoms with Crippen LogP contribution in [0.3, 0.4) is 0 Å². The third-order valence-electron chi connectivity index (χ3n) is 2.65. The van der Waals surface area contributed by atoms with Crippen LogP contribution in [0.2, 0.25) is 0 Å². The number of hydrogen-bond donors (Lipinski definition) is 0. The van der Waals surface area contributed by atoms with Crippen molar-refractivity contribution in [3.63, 3.8) is 0 Å². The van der Waals surface area contributed by atoms with Crippen LogP contribution in [-0.2, 0) is 0 Å². The normalized spacial score (nSPS) is 16.9. The Bertz CT molecular complexity index is 383. The summed E-state index contributed by atoms with van der Waals surface area (Å²) >= 11 is 0. The molecule has 0 unspecified atom stereocenters. The Morgan fingerprint density at radius 2 is 1.79 bits per heavy atom. The van der Waals surface area contributed by atoms with Crippen LogP contribution in [0.1, 0.15) is 24.5 Å². The summed E-state index contributed by atoms with van der Waals surface area (Å²) in [6.45, 7) is 4.33. The van der Waals surface area contributed by atoms with E-state index in [2.05, 4.69) is 56.3 Å². The first-order chi connectivity index (χ1) is 6.77. The molecule has 0 saturated carbocycles. The van der Waals surface area contributed by atoms with Crippen LogP contribution in [0.15, 0.2) is 42.5 Å². The molecule has 0 amide bonds. The maximum absolute atomic E-state index is 2.30. The molecule has 0 heteroatoms. The molecule has 2 rings (SSSR count). The van der Waals surface area contributed by atoms with E-state index in [9.17, 15) is 0 Å². The van der Waals surface area contributed by atoms with Gasteiger partial charge in [0.05, 0.1) is 0 Å². The molecule has 0 spiro atoms. The minimum absolute atomic E-state index is 1.08. The second-order valence-corrected chi connectivity index (χ2v) is 3.86. The Balaban J connectivity index is 2.33. The highest BCUT2D eigenvalue weighted by Gasteiger charge is 2.06. The third kappa shape index (κ3) is 1.79. The first kappa shape index (κ1) is 9.26. The van der Waals surface area contributed by atoms with Crippen LogP contribution in [0.5, 0.6) is 0 Å². The van der Waals surface area contributed by atoms with Crippen molar-refractivity contribution in [2.75, 3.05) is 0 Å². The van der Waals surface area contributed by atoms with E-state index in [1.54, 1.807) is 0 Å². The summed E-state index contributed by atoms with van der Waals surface area (Å²) in [4.78, 5) is 0. The van der Waals surface area contributed by atoms with E-state index >= 15 is 0 Å². The molecule has 1 aromatic carbocycles. The van der Waals surface area contributed by atoms with Gasteiger partial charge in [0, 0.05) is 0 Å². The first-order valence-corrected chi connectivity index (χ1v) is 5.04. The molecule has 0 bridgehead atoms. The number of aryl methyl sites for hydroxylation is 1. The predicted molar refractivity (Wildman–Crippen MR) is 61.8 cm³/mol. The largest absolute Gasteiger partial charge is 0.0768 e. The van der Waals surface area contributed by atoms with E-state index in [0.717, 1.165) is 6.42 Å². The van der Waals surface area contributed by atoms with Crippen molar-refractivity contribution >= 4 is 5.57 Å². The van der Waals surface area contributed by atoms with Crippen molar-refractivity contribution in [2.45, 2.75) is 20.3 Å². The third-order valence-corrected chi connectivity index (χ3v) is 2.65. The van der Waals surface area contributed by atoms with Crippen molar-refractivity contribution in [3.05, 3.63) is 59.5 Å². The lowest BCUT2D eigenvalue weighted by molar-refractivity contribution is 1.06. The van der Waals surface area contributed by atoms with Gasteiger partial charge < -0.3 is 0 Å². The lowest BCUT2D eigenvalue weighted by Crippen LogP contribution is -1.93. The predicted octanol–water partition coefficient (Wildman–Crippen LogP) is 3.93. The van der Waals surface area contributed by atoms with Gasteiger partial charge in [-0.15, -0.1) is 0 Å². The summed E-state index contributed by atoms with van der Waals surface area (Å²) in [6, 6.07) is 8.53. The Morgan fingerprint density at radius 1 is 1.00 bits per heavy atom. The van der Waals surface area contributed by atoms with E-state index in [1.165, 1.54) is 22.6 Å². The van der Waals surface area contributed by atoms with Crippen LogP contribution in [0.25, 0.3) is 5.57 Å². The van der Waals surface area contributed by atoms with Crippen LogP contribution >= 0.6 is 0 Å². The second-order valence-electron chi connectivity index (χ2n) is 3.86. The summed E-state index contributed by atoms with van der Waals surface area (Å²) in [5, 5.41) is 0. The molecular weight excluding hydrogens is 168 g/mol. The minimum atomic E-state index is 1.08. The summed E-state index contributed by atoms with van der Waals surface area (Å²) in [6.07, 6.45) is 7.81. The Hall–Kier alpha value is -1.30. The van der Waals surface area contributed by atoms with Gasteiger partial charge >= 0.3 is 0 Å². The van der Waals surface area contributed by atoms with E-state index in [1.807, 2.05) is 0 Å². The van der Waals surface area contributed by atoms with Crippen molar-refractivity contribution in [2.24, 2.45) is 0 Å². The highest BCUT2D eigenvalue weighted by molar-refractivity contribution is 5.77. The van der Waals surface area contributed by atoms with Gasteiger partial charge in [0.1, 0.15) is 0 Å². The van der Waals surface area contributed by atoms with E-state index in [-0.39, 0.29) is 0 Å². The Kier molecular flexibility index (Phi) is 2.53. The molecule has 0 atom stereocenters. The van der Waals surface area contributed by atoms with Gasteiger partial charge in [0.2, 0.25) is 0 Å².